The second kappa shape index (κ2) is 19.1. The maximum absolute atomic E-state index is 15.1. The van der Waals surface area contributed by atoms with E-state index in [-0.39, 0.29) is 37.5 Å². The van der Waals surface area contributed by atoms with Crippen LogP contribution in [0.3, 0.4) is 0 Å². The van der Waals surface area contributed by atoms with Crippen LogP contribution in [0.15, 0.2) is 60.8 Å². The van der Waals surface area contributed by atoms with Crippen LogP contribution in [-0.2, 0) is 30.5 Å². The standard InChI is InChI=1S/C41H54F2N6O7/c1-25(2)36(46-38(54)32-13-9-17-48(32)40(56)31(44)21-35(52)53)39(55)45-16-10-18-49(34(51)24-50)37(41(3,4)5)33-19-27(29-20-28(42)14-15-30(29)43)23-47(33)22-26-11-7-6-8-12-26/h6-8,11-12,14-15,19-20,23,25,31-32,36-37,50H,9-10,13,16-18,21-22,24,44H2,1-5H3,(H,45,55)(H,46,54)(H,52,53)/t31-,32-,36-,37-/m0/s1. The topological polar surface area (TPSA) is 187 Å². The second-order valence-electron chi connectivity index (χ2n) is 15.7. The summed E-state index contributed by atoms with van der Waals surface area (Å²) in [4.78, 5) is 67.1. The summed E-state index contributed by atoms with van der Waals surface area (Å²) in [7, 11) is 0. The molecule has 1 aromatic heterocycles. The van der Waals surface area contributed by atoms with Crippen molar-refractivity contribution in [3.8, 4) is 11.1 Å². The van der Waals surface area contributed by atoms with Crippen LogP contribution in [0, 0.1) is 23.0 Å². The summed E-state index contributed by atoms with van der Waals surface area (Å²) in [5.41, 5.74) is 7.22. The average molecular weight is 781 g/mol. The molecular formula is C41H54F2N6O7. The normalized spacial score (nSPS) is 16.0. The lowest BCUT2D eigenvalue weighted by atomic mass is 9.83. The highest BCUT2D eigenvalue weighted by Gasteiger charge is 2.39. The lowest BCUT2D eigenvalue weighted by Gasteiger charge is -2.41. The number of carbonyl (C=O) groups excluding carboxylic acids is 4. The Labute approximate surface area is 326 Å². The molecular weight excluding hydrogens is 726 g/mol. The number of hydrogen-bond donors (Lipinski definition) is 5. The zero-order chi connectivity index (χ0) is 41.3. The lowest BCUT2D eigenvalue weighted by Crippen LogP contribution is -2.56. The molecule has 3 aromatic rings. The smallest absolute Gasteiger partial charge is 0.305 e. The van der Waals surface area contributed by atoms with E-state index in [9.17, 15) is 33.5 Å². The number of nitrogens with one attached hydrogen (secondary N) is 2. The average Bonchev–Trinajstić information content (AvgIpc) is 3.79. The number of halogens is 2. The Morgan fingerprint density at radius 3 is 2.36 bits per heavy atom. The minimum atomic E-state index is -1.30. The van der Waals surface area contributed by atoms with Crippen LogP contribution in [0.2, 0.25) is 0 Å². The highest BCUT2D eigenvalue weighted by molar-refractivity contribution is 5.94. The summed E-state index contributed by atoms with van der Waals surface area (Å²) in [6.45, 7) is 9.36. The number of aliphatic hydroxyl groups is 1. The van der Waals surface area contributed by atoms with Gasteiger partial charge in [-0.3, -0.25) is 24.0 Å². The van der Waals surface area contributed by atoms with E-state index in [2.05, 4.69) is 10.6 Å². The number of carbonyl (C=O) groups is 5. The summed E-state index contributed by atoms with van der Waals surface area (Å²) < 4.78 is 31.3. The Kier molecular flexibility index (Phi) is 14.9. The molecule has 1 aliphatic heterocycles. The molecule has 0 radical (unpaired) electrons. The van der Waals surface area contributed by atoms with Gasteiger partial charge in [-0.05, 0) is 60.4 Å². The van der Waals surface area contributed by atoms with Gasteiger partial charge in [0.2, 0.25) is 23.6 Å². The molecule has 0 saturated carbocycles. The molecule has 2 heterocycles. The number of carboxylic acids is 1. The number of hydrogen-bond acceptors (Lipinski definition) is 7. The molecule has 0 aliphatic carbocycles. The first-order chi connectivity index (χ1) is 26.4. The predicted octanol–water partition coefficient (Wildman–Crippen LogP) is 3.83. The Bertz CT molecular complexity index is 1860. The van der Waals surface area contributed by atoms with Gasteiger partial charge in [0.15, 0.2) is 0 Å². The van der Waals surface area contributed by atoms with Gasteiger partial charge in [0.1, 0.15) is 30.3 Å². The minimum absolute atomic E-state index is 0.0641. The van der Waals surface area contributed by atoms with Crippen LogP contribution >= 0.6 is 0 Å². The summed E-state index contributed by atoms with van der Waals surface area (Å²) >= 11 is 0. The molecule has 1 fully saturated rings. The predicted molar refractivity (Wildman–Crippen MR) is 206 cm³/mol. The Morgan fingerprint density at radius 1 is 1.04 bits per heavy atom. The molecule has 304 valence electrons. The number of nitrogens with two attached hydrogens (primary N) is 1. The third-order valence-corrected chi connectivity index (χ3v) is 9.91. The first-order valence-electron chi connectivity index (χ1n) is 18.9. The minimum Gasteiger partial charge on any atom is -0.481 e. The number of likely N-dealkylation sites (tertiary alicyclic amines) is 1. The van der Waals surface area contributed by atoms with Gasteiger partial charge in [-0.1, -0.05) is 65.0 Å². The van der Waals surface area contributed by atoms with Crippen molar-refractivity contribution in [2.24, 2.45) is 17.1 Å². The van der Waals surface area contributed by atoms with Crippen molar-refractivity contribution in [2.45, 2.75) is 91.0 Å². The van der Waals surface area contributed by atoms with Gasteiger partial charge in [-0.25, -0.2) is 8.78 Å². The van der Waals surface area contributed by atoms with E-state index in [0.29, 0.717) is 30.6 Å². The van der Waals surface area contributed by atoms with Crippen LogP contribution in [0.5, 0.6) is 0 Å². The number of amides is 4. The van der Waals surface area contributed by atoms with Gasteiger partial charge in [0, 0.05) is 49.2 Å². The zero-order valence-corrected chi connectivity index (χ0v) is 32.6. The van der Waals surface area contributed by atoms with Gasteiger partial charge >= 0.3 is 5.97 Å². The van der Waals surface area contributed by atoms with Crippen molar-refractivity contribution in [3.63, 3.8) is 0 Å². The Hall–Kier alpha value is -5.15. The fourth-order valence-corrected chi connectivity index (χ4v) is 7.25. The third kappa shape index (κ3) is 11.0. The number of nitrogens with zero attached hydrogens (tertiary/aromatic N) is 3. The fourth-order valence-electron chi connectivity index (χ4n) is 7.25. The molecule has 13 nitrogen and oxygen atoms in total. The van der Waals surface area contributed by atoms with E-state index >= 15 is 4.39 Å². The molecule has 4 amide bonds. The number of aliphatic hydroxyl groups excluding tert-OH is 1. The molecule has 1 saturated heterocycles. The fraction of sp³-hybridized carbons (Fsp3) is 0.488. The zero-order valence-electron chi connectivity index (χ0n) is 32.6. The molecule has 0 unspecified atom stereocenters. The lowest BCUT2D eigenvalue weighted by molar-refractivity contribution is -0.144. The third-order valence-electron chi connectivity index (χ3n) is 9.91. The summed E-state index contributed by atoms with van der Waals surface area (Å²) in [6.07, 6.45) is 2.27. The molecule has 0 bridgehead atoms. The van der Waals surface area contributed by atoms with Crippen LogP contribution < -0.4 is 16.4 Å². The van der Waals surface area contributed by atoms with Crippen LogP contribution in [0.4, 0.5) is 8.78 Å². The number of benzene rings is 2. The second-order valence-corrected chi connectivity index (χ2v) is 15.7. The molecule has 6 N–H and O–H groups in total. The van der Waals surface area contributed by atoms with Gasteiger partial charge < -0.3 is 40.9 Å². The quantitative estimate of drug-likeness (QED) is 0.128. The van der Waals surface area contributed by atoms with E-state index in [1.54, 1.807) is 26.1 Å². The maximum Gasteiger partial charge on any atom is 0.305 e. The van der Waals surface area contributed by atoms with Gasteiger partial charge in [0.05, 0.1) is 18.5 Å². The molecule has 0 spiro atoms. The Balaban J connectivity index is 1.53. The van der Waals surface area contributed by atoms with Crippen molar-refractivity contribution in [3.05, 3.63) is 83.7 Å². The molecule has 15 heteroatoms. The number of carboxylic acid groups (broad SMARTS) is 1. The van der Waals surface area contributed by atoms with Gasteiger partial charge in [0.25, 0.3) is 0 Å². The summed E-state index contributed by atoms with van der Waals surface area (Å²) in [5.74, 6) is -5.00. The number of rotatable bonds is 17. The maximum atomic E-state index is 15.1. The number of aromatic nitrogens is 1. The van der Waals surface area contributed by atoms with Crippen molar-refractivity contribution in [1.82, 2.24) is 25.0 Å². The van der Waals surface area contributed by atoms with Gasteiger partial charge in [-0.2, -0.15) is 0 Å². The molecule has 56 heavy (non-hydrogen) atoms. The molecule has 2 aromatic carbocycles. The molecule has 4 atom stereocenters. The van der Waals surface area contributed by atoms with E-state index in [0.717, 1.165) is 23.8 Å². The Morgan fingerprint density at radius 2 is 1.73 bits per heavy atom. The SMILES string of the molecule is CC(C)[C@H](NC(=O)[C@@H]1CCCN1C(=O)[C@@H](N)CC(=O)O)C(=O)NCCCN(C(=O)CO)[C@@H](c1cc(-c2cc(F)ccc2F)cn1Cc1ccccc1)C(C)(C)C. The monoisotopic (exact) mass is 780 g/mol. The molecule has 4 rings (SSSR count). The largest absolute Gasteiger partial charge is 0.481 e. The van der Waals surface area contributed by atoms with Crippen LogP contribution in [0.1, 0.15) is 77.6 Å². The van der Waals surface area contributed by atoms with E-state index in [4.69, 9.17) is 10.8 Å². The van der Waals surface area contributed by atoms with Crippen molar-refractivity contribution >= 4 is 29.6 Å². The van der Waals surface area contributed by atoms with Crippen molar-refractivity contribution < 1.29 is 43.0 Å². The highest BCUT2D eigenvalue weighted by atomic mass is 19.1. The van der Waals surface area contributed by atoms with E-state index < -0.39 is 83.8 Å². The van der Waals surface area contributed by atoms with Crippen LogP contribution in [0.25, 0.3) is 11.1 Å². The van der Waals surface area contributed by atoms with Gasteiger partial charge in [-0.15, -0.1) is 0 Å². The first-order valence-corrected chi connectivity index (χ1v) is 18.9. The number of aliphatic carboxylic acids is 1. The summed E-state index contributed by atoms with van der Waals surface area (Å²) in [5, 5.41) is 24.8. The summed E-state index contributed by atoms with van der Waals surface area (Å²) in [6, 6.07) is 10.7. The molecule has 1 aliphatic rings. The van der Waals surface area contributed by atoms with Crippen LogP contribution in [-0.4, -0.2) is 98.5 Å². The highest BCUT2D eigenvalue weighted by Crippen LogP contribution is 2.41. The van der Waals surface area contributed by atoms with E-state index in [1.165, 1.54) is 9.80 Å². The van der Waals surface area contributed by atoms with Crippen molar-refractivity contribution in [2.75, 3.05) is 26.2 Å². The first kappa shape index (κ1) is 43.6. The van der Waals surface area contributed by atoms with E-state index in [1.807, 2.05) is 55.7 Å². The van der Waals surface area contributed by atoms with Crippen molar-refractivity contribution in [1.29, 1.82) is 0 Å².